The molecule has 0 aliphatic rings. The van der Waals surface area contributed by atoms with E-state index in [4.69, 9.17) is 16.3 Å². The molecule has 7 nitrogen and oxygen atoms in total. The highest BCUT2D eigenvalue weighted by Crippen LogP contribution is 2.15. The van der Waals surface area contributed by atoms with Crippen molar-refractivity contribution in [2.45, 2.75) is 19.4 Å². The van der Waals surface area contributed by atoms with Gasteiger partial charge in [-0.3, -0.25) is 14.4 Å². The fourth-order valence-corrected chi connectivity index (χ4v) is 2.64. The summed E-state index contributed by atoms with van der Waals surface area (Å²) >= 11 is 5.80. The molecule has 0 aliphatic heterocycles. The summed E-state index contributed by atoms with van der Waals surface area (Å²) < 4.78 is 5.18. The van der Waals surface area contributed by atoms with E-state index >= 15 is 0 Å². The maximum Gasteiger partial charge on any atom is 0.312 e. The van der Waals surface area contributed by atoms with Crippen molar-refractivity contribution in [3.8, 4) is 0 Å². The lowest BCUT2D eigenvalue weighted by Crippen LogP contribution is -2.30. The fourth-order valence-electron chi connectivity index (χ4n) is 2.51. The average Bonchev–Trinajstić information content (AvgIpc) is 2.66. The van der Waals surface area contributed by atoms with Gasteiger partial charge in [-0.05, 0) is 37.3 Å². The molecule has 3 aromatic rings. The molecule has 0 spiro atoms. The van der Waals surface area contributed by atoms with Crippen molar-refractivity contribution in [1.29, 1.82) is 0 Å². The van der Waals surface area contributed by atoms with Gasteiger partial charge < -0.3 is 10.1 Å². The predicted molar refractivity (Wildman–Crippen MR) is 102 cm³/mol. The largest absolute Gasteiger partial charge is 0.452 e. The minimum Gasteiger partial charge on any atom is -0.452 e. The van der Waals surface area contributed by atoms with Gasteiger partial charge in [-0.15, -0.1) is 0 Å². The van der Waals surface area contributed by atoms with Gasteiger partial charge in [0.2, 0.25) is 0 Å². The lowest BCUT2D eigenvalue weighted by molar-refractivity contribution is -0.152. The van der Waals surface area contributed by atoms with Crippen molar-refractivity contribution < 1.29 is 14.3 Å². The lowest BCUT2D eigenvalue weighted by atomic mass is 10.1. The first-order chi connectivity index (χ1) is 12.9. The minimum absolute atomic E-state index is 0.171. The van der Waals surface area contributed by atoms with Crippen molar-refractivity contribution in [3.63, 3.8) is 0 Å². The molecule has 0 saturated heterocycles. The molecule has 138 valence electrons. The van der Waals surface area contributed by atoms with Crippen LogP contribution in [0.5, 0.6) is 0 Å². The van der Waals surface area contributed by atoms with Crippen LogP contribution in [-0.4, -0.2) is 28.2 Å². The van der Waals surface area contributed by atoms with E-state index in [9.17, 15) is 14.4 Å². The van der Waals surface area contributed by atoms with Gasteiger partial charge in [0.05, 0.1) is 17.5 Å². The number of H-pyrrole nitrogens is 1. The zero-order valence-electron chi connectivity index (χ0n) is 14.4. The van der Waals surface area contributed by atoms with Gasteiger partial charge in [-0.25, -0.2) is 5.10 Å². The van der Waals surface area contributed by atoms with Crippen LogP contribution in [0, 0.1) is 0 Å². The van der Waals surface area contributed by atoms with E-state index in [2.05, 4.69) is 15.5 Å². The third-order valence-electron chi connectivity index (χ3n) is 3.88. The Bertz CT molecular complexity index is 1050. The van der Waals surface area contributed by atoms with Crippen LogP contribution in [0.3, 0.4) is 0 Å². The summed E-state index contributed by atoms with van der Waals surface area (Å²) in [6, 6.07) is 13.4. The molecule has 2 aromatic carbocycles. The molecule has 0 fully saturated rings. The molecule has 1 heterocycles. The van der Waals surface area contributed by atoms with Crippen molar-refractivity contribution in [2.24, 2.45) is 0 Å². The van der Waals surface area contributed by atoms with Crippen LogP contribution in [0.4, 0.5) is 5.69 Å². The Morgan fingerprint density at radius 3 is 2.52 bits per heavy atom. The quantitative estimate of drug-likeness (QED) is 0.657. The number of rotatable bonds is 5. The first-order valence-corrected chi connectivity index (χ1v) is 8.54. The molecule has 0 aliphatic carbocycles. The molecule has 0 bridgehead atoms. The van der Waals surface area contributed by atoms with E-state index in [1.807, 2.05) is 0 Å². The van der Waals surface area contributed by atoms with Crippen LogP contribution in [0.2, 0.25) is 5.02 Å². The number of fused-ring (bicyclic) bond motifs is 1. The van der Waals surface area contributed by atoms with Crippen LogP contribution in [-0.2, 0) is 20.7 Å². The number of esters is 1. The van der Waals surface area contributed by atoms with Crippen LogP contribution in [0.1, 0.15) is 12.6 Å². The molecule has 0 saturated carbocycles. The second-order valence-corrected chi connectivity index (χ2v) is 6.29. The minimum atomic E-state index is -0.998. The summed E-state index contributed by atoms with van der Waals surface area (Å²) in [5.41, 5.74) is 0.583. The first-order valence-electron chi connectivity index (χ1n) is 8.16. The van der Waals surface area contributed by atoms with Crippen molar-refractivity contribution in [3.05, 3.63) is 69.6 Å². The van der Waals surface area contributed by atoms with E-state index in [0.29, 0.717) is 27.2 Å². The third-order valence-corrected chi connectivity index (χ3v) is 4.13. The lowest BCUT2D eigenvalue weighted by Gasteiger charge is -2.13. The number of ether oxygens (including phenoxy) is 1. The Morgan fingerprint density at radius 1 is 1.15 bits per heavy atom. The Morgan fingerprint density at radius 2 is 1.81 bits per heavy atom. The number of aromatic nitrogens is 2. The zero-order valence-corrected chi connectivity index (χ0v) is 15.1. The summed E-state index contributed by atoms with van der Waals surface area (Å²) in [7, 11) is 0. The highest BCUT2D eigenvalue weighted by molar-refractivity contribution is 6.30. The number of aromatic amines is 1. The van der Waals surface area contributed by atoms with E-state index in [-0.39, 0.29) is 12.0 Å². The molecule has 27 heavy (non-hydrogen) atoms. The van der Waals surface area contributed by atoms with Gasteiger partial charge in [0.15, 0.2) is 6.10 Å². The van der Waals surface area contributed by atoms with Crippen molar-refractivity contribution >= 4 is 39.9 Å². The topological polar surface area (TPSA) is 101 Å². The number of hydrogen-bond acceptors (Lipinski definition) is 5. The molecule has 8 heteroatoms. The Kier molecular flexibility index (Phi) is 5.52. The monoisotopic (exact) mass is 385 g/mol. The van der Waals surface area contributed by atoms with E-state index in [0.717, 1.165) is 0 Å². The van der Waals surface area contributed by atoms with Gasteiger partial charge in [0.25, 0.3) is 11.5 Å². The van der Waals surface area contributed by atoms with Gasteiger partial charge in [0.1, 0.15) is 0 Å². The Labute approximate surface area is 159 Å². The molecule has 1 atom stereocenters. The highest BCUT2D eigenvalue weighted by Gasteiger charge is 2.19. The molecule has 0 unspecified atom stereocenters. The number of amides is 1. The molecule has 1 aromatic heterocycles. The molecular weight excluding hydrogens is 370 g/mol. The van der Waals surface area contributed by atoms with Gasteiger partial charge in [-0.1, -0.05) is 29.8 Å². The Balaban J connectivity index is 1.65. The van der Waals surface area contributed by atoms with Gasteiger partial charge >= 0.3 is 5.97 Å². The smallest absolute Gasteiger partial charge is 0.312 e. The molecular formula is C19H16ClN3O4. The SMILES string of the molecule is C[C@@H](OC(=O)Cc1n[nH]c(=O)c2ccccc12)C(=O)Nc1ccc(Cl)cc1. The fraction of sp³-hybridized carbons (Fsp3) is 0.158. The number of anilines is 1. The maximum atomic E-state index is 12.2. The summed E-state index contributed by atoms with van der Waals surface area (Å²) in [5.74, 6) is -1.09. The second-order valence-electron chi connectivity index (χ2n) is 5.85. The van der Waals surface area contributed by atoms with Crippen LogP contribution in [0.25, 0.3) is 10.8 Å². The summed E-state index contributed by atoms with van der Waals surface area (Å²) in [6.07, 6.45) is -1.17. The van der Waals surface area contributed by atoms with E-state index in [1.165, 1.54) is 6.92 Å². The molecule has 1 amide bonds. The standard InChI is InChI=1S/C19H16ClN3O4/c1-11(18(25)21-13-8-6-12(20)7-9-13)27-17(24)10-16-14-4-2-3-5-15(14)19(26)23-22-16/h2-9,11H,10H2,1H3,(H,21,25)(H,23,26)/t11-/m1/s1. The number of nitrogens with zero attached hydrogens (tertiary/aromatic N) is 1. The normalized spacial score (nSPS) is 11.8. The highest BCUT2D eigenvalue weighted by atomic mass is 35.5. The summed E-state index contributed by atoms with van der Waals surface area (Å²) in [6.45, 7) is 1.47. The van der Waals surface area contributed by atoms with Crippen molar-refractivity contribution in [1.82, 2.24) is 10.2 Å². The van der Waals surface area contributed by atoms with Gasteiger partial charge in [-0.2, -0.15) is 5.10 Å². The van der Waals surface area contributed by atoms with E-state index in [1.54, 1.807) is 48.5 Å². The van der Waals surface area contributed by atoms with Gasteiger partial charge in [0, 0.05) is 16.1 Å². The first kappa shape index (κ1) is 18.6. The summed E-state index contributed by atoms with van der Waals surface area (Å²) in [5, 5.41) is 10.5. The second kappa shape index (κ2) is 8.01. The molecule has 0 radical (unpaired) electrons. The van der Waals surface area contributed by atoms with Crippen LogP contribution in [0.15, 0.2) is 53.3 Å². The number of halogens is 1. The Hall–Kier alpha value is -3.19. The van der Waals surface area contributed by atoms with Crippen molar-refractivity contribution in [2.75, 3.05) is 5.32 Å². The average molecular weight is 386 g/mol. The maximum absolute atomic E-state index is 12.2. The van der Waals surface area contributed by atoms with Crippen LogP contribution >= 0.6 is 11.6 Å². The predicted octanol–water partition coefficient (Wildman–Crippen LogP) is 2.69. The molecule has 2 N–H and O–H groups in total. The number of hydrogen-bond donors (Lipinski definition) is 2. The summed E-state index contributed by atoms with van der Waals surface area (Å²) in [4.78, 5) is 36.1. The zero-order chi connectivity index (χ0) is 19.4. The number of benzene rings is 2. The van der Waals surface area contributed by atoms with E-state index < -0.39 is 18.0 Å². The number of carbonyl (C=O) groups excluding carboxylic acids is 2. The van der Waals surface area contributed by atoms with Crippen LogP contribution < -0.4 is 10.9 Å². The number of nitrogens with one attached hydrogen (secondary N) is 2. The molecule has 3 rings (SSSR count). The number of carbonyl (C=O) groups is 2. The third kappa shape index (κ3) is 4.51.